The molecule has 1 N–H and O–H groups in total. The van der Waals surface area contributed by atoms with Crippen molar-refractivity contribution >= 4 is 11.0 Å². The molecule has 0 amide bonds. The molecule has 2 aromatic rings. The zero-order valence-corrected chi connectivity index (χ0v) is 10.0. The van der Waals surface area contributed by atoms with Gasteiger partial charge in [0, 0.05) is 11.5 Å². The first-order valence-corrected chi connectivity index (χ1v) is 6.30. The number of benzene rings is 1. The molecule has 0 saturated carbocycles. The number of hydrogen-bond donors (Lipinski definition) is 1. The van der Waals surface area contributed by atoms with Crippen LogP contribution in [0.1, 0.15) is 18.4 Å². The standard InChI is InChI=1S/C14H15F2NO/c15-12-8-13(16)14-10(3-6-18-14)11(12)7-9-1-4-17-5-2-9/h3,6,8-9,17H,1-2,4-5,7H2. The molecule has 0 aliphatic carbocycles. The number of piperidine rings is 1. The number of halogens is 2. The normalized spacial score (nSPS) is 17.4. The van der Waals surface area contributed by atoms with Crippen LogP contribution in [0.25, 0.3) is 11.0 Å². The van der Waals surface area contributed by atoms with E-state index < -0.39 is 11.6 Å². The Kier molecular flexibility index (Phi) is 3.04. The summed E-state index contributed by atoms with van der Waals surface area (Å²) in [6.45, 7) is 1.95. The molecule has 0 bridgehead atoms. The van der Waals surface area contributed by atoms with Crippen molar-refractivity contribution in [2.24, 2.45) is 5.92 Å². The molecule has 96 valence electrons. The summed E-state index contributed by atoms with van der Waals surface area (Å²) in [5.74, 6) is -0.620. The summed E-state index contributed by atoms with van der Waals surface area (Å²) in [5, 5.41) is 3.86. The average Bonchev–Trinajstić information content (AvgIpc) is 2.85. The largest absolute Gasteiger partial charge is 0.461 e. The van der Waals surface area contributed by atoms with E-state index in [0.29, 0.717) is 23.3 Å². The van der Waals surface area contributed by atoms with Gasteiger partial charge < -0.3 is 9.73 Å². The highest BCUT2D eigenvalue weighted by molar-refractivity contribution is 5.81. The van der Waals surface area contributed by atoms with Crippen LogP contribution in [0.3, 0.4) is 0 Å². The first-order chi connectivity index (χ1) is 8.75. The summed E-state index contributed by atoms with van der Waals surface area (Å²) in [6.07, 6.45) is 4.15. The summed E-state index contributed by atoms with van der Waals surface area (Å²) in [4.78, 5) is 0. The van der Waals surface area contributed by atoms with Crippen molar-refractivity contribution in [2.45, 2.75) is 19.3 Å². The Bertz CT molecular complexity index is 558. The summed E-state index contributed by atoms with van der Waals surface area (Å²) in [6, 6.07) is 2.58. The molecule has 2 heterocycles. The molecule has 3 rings (SSSR count). The molecule has 1 aliphatic heterocycles. The summed E-state index contributed by atoms with van der Waals surface area (Å²) >= 11 is 0. The van der Waals surface area contributed by atoms with E-state index in [1.165, 1.54) is 6.26 Å². The quantitative estimate of drug-likeness (QED) is 0.886. The van der Waals surface area contributed by atoms with Crippen LogP contribution >= 0.6 is 0 Å². The summed E-state index contributed by atoms with van der Waals surface area (Å²) in [5.41, 5.74) is 0.757. The van der Waals surface area contributed by atoms with E-state index in [9.17, 15) is 8.78 Å². The van der Waals surface area contributed by atoms with Gasteiger partial charge in [-0.1, -0.05) is 0 Å². The minimum absolute atomic E-state index is 0.167. The molecule has 1 aromatic heterocycles. The van der Waals surface area contributed by atoms with Crippen LogP contribution < -0.4 is 5.32 Å². The van der Waals surface area contributed by atoms with E-state index in [4.69, 9.17) is 4.42 Å². The number of hydrogen-bond acceptors (Lipinski definition) is 2. The van der Waals surface area contributed by atoms with E-state index in [1.807, 2.05) is 0 Å². The third-order valence-corrected chi connectivity index (χ3v) is 3.70. The monoisotopic (exact) mass is 251 g/mol. The lowest BCUT2D eigenvalue weighted by atomic mass is 9.89. The molecule has 1 saturated heterocycles. The van der Waals surface area contributed by atoms with Gasteiger partial charge in [0.05, 0.1) is 6.26 Å². The predicted octanol–water partition coefficient (Wildman–Crippen LogP) is 3.25. The molecule has 1 fully saturated rings. The lowest BCUT2D eigenvalue weighted by Crippen LogP contribution is -2.28. The van der Waals surface area contributed by atoms with Gasteiger partial charge in [-0.15, -0.1) is 0 Å². The van der Waals surface area contributed by atoms with E-state index in [0.717, 1.165) is 32.0 Å². The van der Waals surface area contributed by atoms with Crippen LogP contribution in [-0.2, 0) is 6.42 Å². The minimum Gasteiger partial charge on any atom is -0.461 e. The second-order valence-corrected chi connectivity index (χ2v) is 4.88. The zero-order valence-electron chi connectivity index (χ0n) is 10.0. The van der Waals surface area contributed by atoms with Gasteiger partial charge in [0.1, 0.15) is 5.82 Å². The first kappa shape index (κ1) is 11.7. The molecular formula is C14H15F2NO. The van der Waals surface area contributed by atoms with E-state index >= 15 is 0 Å². The van der Waals surface area contributed by atoms with Crippen LogP contribution in [0.5, 0.6) is 0 Å². The fourth-order valence-corrected chi connectivity index (χ4v) is 2.71. The lowest BCUT2D eigenvalue weighted by molar-refractivity contribution is 0.369. The van der Waals surface area contributed by atoms with Crippen molar-refractivity contribution in [3.8, 4) is 0 Å². The zero-order chi connectivity index (χ0) is 12.5. The highest BCUT2D eigenvalue weighted by Crippen LogP contribution is 2.29. The van der Waals surface area contributed by atoms with Gasteiger partial charge in [-0.3, -0.25) is 0 Å². The number of nitrogens with one attached hydrogen (secondary N) is 1. The SMILES string of the molecule is Fc1cc(F)c2occc2c1CC1CCNCC1. The van der Waals surface area contributed by atoms with Gasteiger partial charge in [-0.2, -0.15) is 0 Å². The van der Waals surface area contributed by atoms with Crippen molar-refractivity contribution in [3.63, 3.8) is 0 Å². The fraction of sp³-hybridized carbons (Fsp3) is 0.429. The van der Waals surface area contributed by atoms with Crippen LogP contribution in [0, 0.1) is 17.6 Å². The fourth-order valence-electron chi connectivity index (χ4n) is 2.71. The minimum atomic E-state index is -0.624. The van der Waals surface area contributed by atoms with Gasteiger partial charge >= 0.3 is 0 Å². The highest BCUT2D eigenvalue weighted by Gasteiger charge is 2.20. The molecule has 0 atom stereocenters. The maximum Gasteiger partial charge on any atom is 0.169 e. The molecule has 18 heavy (non-hydrogen) atoms. The molecule has 4 heteroatoms. The summed E-state index contributed by atoms with van der Waals surface area (Å²) < 4.78 is 32.5. The lowest BCUT2D eigenvalue weighted by Gasteiger charge is -2.23. The van der Waals surface area contributed by atoms with Crippen LogP contribution in [0.4, 0.5) is 8.78 Å². The number of furan rings is 1. The predicted molar refractivity (Wildman–Crippen MR) is 65.4 cm³/mol. The average molecular weight is 251 g/mol. The van der Waals surface area contributed by atoms with Gasteiger partial charge in [0.25, 0.3) is 0 Å². The Morgan fingerprint density at radius 1 is 1.22 bits per heavy atom. The molecule has 2 nitrogen and oxygen atoms in total. The Hall–Kier alpha value is -1.42. The Labute approximate surface area is 104 Å². The molecule has 0 unspecified atom stereocenters. The third kappa shape index (κ3) is 2.01. The maximum atomic E-state index is 13.9. The van der Waals surface area contributed by atoms with Crippen LogP contribution in [0.2, 0.25) is 0 Å². The van der Waals surface area contributed by atoms with Crippen molar-refractivity contribution in [3.05, 3.63) is 35.6 Å². The Morgan fingerprint density at radius 2 is 2.00 bits per heavy atom. The molecular weight excluding hydrogens is 236 g/mol. The Morgan fingerprint density at radius 3 is 2.78 bits per heavy atom. The van der Waals surface area contributed by atoms with Gasteiger partial charge in [-0.05, 0) is 49.9 Å². The topological polar surface area (TPSA) is 25.2 Å². The highest BCUT2D eigenvalue weighted by atomic mass is 19.1. The summed E-state index contributed by atoms with van der Waals surface area (Å²) in [7, 11) is 0. The molecule has 1 aromatic carbocycles. The molecule has 0 radical (unpaired) electrons. The van der Waals surface area contributed by atoms with E-state index in [1.54, 1.807) is 6.07 Å². The molecule has 0 spiro atoms. The molecule has 1 aliphatic rings. The van der Waals surface area contributed by atoms with Gasteiger partial charge in [0.15, 0.2) is 11.4 Å². The van der Waals surface area contributed by atoms with Crippen molar-refractivity contribution in [2.75, 3.05) is 13.1 Å². The number of fused-ring (bicyclic) bond motifs is 1. The van der Waals surface area contributed by atoms with Crippen molar-refractivity contribution in [1.29, 1.82) is 0 Å². The van der Waals surface area contributed by atoms with Gasteiger partial charge in [0.2, 0.25) is 0 Å². The smallest absolute Gasteiger partial charge is 0.169 e. The second kappa shape index (κ2) is 4.69. The van der Waals surface area contributed by atoms with E-state index in [-0.39, 0.29) is 5.58 Å². The number of rotatable bonds is 2. The first-order valence-electron chi connectivity index (χ1n) is 6.30. The van der Waals surface area contributed by atoms with Crippen LogP contribution in [0.15, 0.2) is 22.8 Å². The maximum absolute atomic E-state index is 13.9. The van der Waals surface area contributed by atoms with E-state index in [2.05, 4.69) is 5.32 Å². The van der Waals surface area contributed by atoms with Crippen molar-refractivity contribution in [1.82, 2.24) is 5.32 Å². The van der Waals surface area contributed by atoms with Crippen LogP contribution in [-0.4, -0.2) is 13.1 Å². The van der Waals surface area contributed by atoms with Crippen molar-refractivity contribution < 1.29 is 13.2 Å². The van der Waals surface area contributed by atoms with Gasteiger partial charge in [-0.25, -0.2) is 8.78 Å². The third-order valence-electron chi connectivity index (χ3n) is 3.70. The Balaban J connectivity index is 1.97. The second-order valence-electron chi connectivity index (χ2n) is 4.88.